The van der Waals surface area contributed by atoms with Crippen LogP contribution in [0.1, 0.15) is 26.7 Å². The van der Waals surface area contributed by atoms with Crippen LogP contribution in [0.15, 0.2) is 12.4 Å². The number of aliphatic hydroxyl groups excluding tert-OH is 1. The van der Waals surface area contributed by atoms with Crippen LogP contribution in [0.2, 0.25) is 0 Å². The molecule has 6 nitrogen and oxygen atoms in total. The van der Waals surface area contributed by atoms with Crippen LogP contribution in [0.4, 0.5) is 5.82 Å². The van der Waals surface area contributed by atoms with Crippen LogP contribution in [0, 0.1) is 0 Å². The Kier molecular flexibility index (Phi) is 5.55. The van der Waals surface area contributed by atoms with E-state index in [-0.39, 0.29) is 12.7 Å². The van der Waals surface area contributed by atoms with Gasteiger partial charge in [-0.3, -0.25) is 0 Å². The second kappa shape index (κ2) is 7.40. The van der Waals surface area contributed by atoms with Crippen molar-refractivity contribution >= 4 is 5.82 Å². The molecule has 2 heterocycles. The van der Waals surface area contributed by atoms with Crippen molar-refractivity contribution in [2.75, 3.05) is 31.1 Å². The standard InChI is InChI=1S/C14H24N4O2/c1-11(2)20-14-8-13(16-10-17-14)18(6-7-19)9-12-4-3-5-15-12/h8,10-12,15,19H,3-7,9H2,1-2H3. The Morgan fingerprint density at radius 1 is 1.50 bits per heavy atom. The van der Waals surface area contributed by atoms with Crippen molar-refractivity contribution in [3.63, 3.8) is 0 Å². The zero-order valence-corrected chi connectivity index (χ0v) is 12.2. The molecule has 1 aliphatic heterocycles. The summed E-state index contributed by atoms with van der Waals surface area (Å²) in [6.45, 7) is 6.53. The lowest BCUT2D eigenvalue weighted by atomic mass is 10.2. The smallest absolute Gasteiger partial charge is 0.218 e. The molecule has 1 saturated heterocycles. The van der Waals surface area contributed by atoms with Gasteiger partial charge in [-0.1, -0.05) is 0 Å². The van der Waals surface area contributed by atoms with Gasteiger partial charge in [-0.05, 0) is 33.2 Å². The van der Waals surface area contributed by atoms with Crippen molar-refractivity contribution in [2.24, 2.45) is 0 Å². The van der Waals surface area contributed by atoms with Crippen LogP contribution in [-0.4, -0.2) is 53.5 Å². The number of ether oxygens (including phenoxy) is 1. The first-order chi connectivity index (χ1) is 9.69. The van der Waals surface area contributed by atoms with Gasteiger partial charge in [0.1, 0.15) is 12.1 Å². The van der Waals surface area contributed by atoms with E-state index >= 15 is 0 Å². The van der Waals surface area contributed by atoms with Crippen molar-refractivity contribution in [2.45, 2.75) is 38.8 Å². The minimum Gasteiger partial charge on any atom is -0.475 e. The predicted octanol–water partition coefficient (Wildman–Crippen LogP) is 0.814. The Morgan fingerprint density at radius 2 is 2.35 bits per heavy atom. The van der Waals surface area contributed by atoms with E-state index in [1.807, 2.05) is 19.9 Å². The molecule has 1 unspecified atom stereocenters. The van der Waals surface area contributed by atoms with Crippen molar-refractivity contribution in [3.05, 3.63) is 12.4 Å². The molecule has 0 amide bonds. The van der Waals surface area contributed by atoms with Gasteiger partial charge in [-0.2, -0.15) is 0 Å². The summed E-state index contributed by atoms with van der Waals surface area (Å²) in [6, 6.07) is 2.30. The van der Waals surface area contributed by atoms with Gasteiger partial charge in [0.05, 0.1) is 12.7 Å². The third-order valence-corrected chi connectivity index (χ3v) is 3.28. The summed E-state index contributed by atoms with van der Waals surface area (Å²) in [7, 11) is 0. The third kappa shape index (κ3) is 4.31. The van der Waals surface area contributed by atoms with Gasteiger partial charge in [-0.15, -0.1) is 0 Å². The molecule has 112 valence electrons. The minimum atomic E-state index is 0.0838. The molecular weight excluding hydrogens is 256 g/mol. The van der Waals surface area contributed by atoms with Crippen LogP contribution in [0.5, 0.6) is 5.88 Å². The lowest BCUT2D eigenvalue weighted by Crippen LogP contribution is -2.39. The number of aliphatic hydroxyl groups is 1. The maximum Gasteiger partial charge on any atom is 0.218 e. The lowest BCUT2D eigenvalue weighted by molar-refractivity contribution is 0.232. The SMILES string of the molecule is CC(C)Oc1cc(N(CCO)CC2CCCN2)ncn1. The normalized spacial score (nSPS) is 18.5. The monoisotopic (exact) mass is 280 g/mol. The summed E-state index contributed by atoms with van der Waals surface area (Å²) in [5.74, 6) is 1.38. The van der Waals surface area contributed by atoms with E-state index in [4.69, 9.17) is 4.74 Å². The molecule has 0 spiro atoms. The molecule has 0 aliphatic carbocycles. The molecule has 2 N–H and O–H groups in total. The summed E-state index contributed by atoms with van der Waals surface area (Å²) < 4.78 is 5.60. The van der Waals surface area contributed by atoms with Gasteiger partial charge < -0.3 is 20.1 Å². The fourth-order valence-electron chi connectivity index (χ4n) is 2.41. The van der Waals surface area contributed by atoms with Crippen molar-refractivity contribution in [1.29, 1.82) is 0 Å². The maximum absolute atomic E-state index is 9.25. The molecule has 1 aromatic heterocycles. The number of hydrogen-bond donors (Lipinski definition) is 2. The molecule has 0 radical (unpaired) electrons. The largest absolute Gasteiger partial charge is 0.475 e. The second-order valence-corrected chi connectivity index (χ2v) is 5.34. The van der Waals surface area contributed by atoms with Gasteiger partial charge in [0.15, 0.2) is 0 Å². The Bertz CT molecular complexity index is 408. The Labute approximate surface area is 120 Å². The fourth-order valence-corrected chi connectivity index (χ4v) is 2.41. The molecule has 1 atom stereocenters. The van der Waals surface area contributed by atoms with Crippen molar-refractivity contribution < 1.29 is 9.84 Å². The van der Waals surface area contributed by atoms with Crippen LogP contribution in [0.3, 0.4) is 0 Å². The molecule has 20 heavy (non-hydrogen) atoms. The zero-order valence-electron chi connectivity index (χ0n) is 12.2. The minimum absolute atomic E-state index is 0.0838. The molecule has 1 aliphatic rings. The molecule has 1 fully saturated rings. The molecule has 1 aromatic rings. The quantitative estimate of drug-likeness (QED) is 0.770. The van der Waals surface area contributed by atoms with E-state index in [2.05, 4.69) is 20.2 Å². The van der Waals surface area contributed by atoms with Crippen LogP contribution < -0.4 is 15.0 Å². The van der Waals surface area contributed by atoms with Crippen molar-refractivity contribution in [3.8, 4) is 5.88 Å². The van der Waals surface area contributed by atoms with E-state index in [0.717, 1.165) is 18.9 Å². The molecule has 0 saturated carbocycles. The average Bonchev–Trinajstić information content (AvgIpc) is 2.91. The van der Waals surface area contributed by atoms with E-state index < -0.39 is 0 Å². The summed E-state index contributed by atoms with van der Waals surface area (Å²) in [6.07, 6.45) is 3.98. The lowest BCUT2D eigenvalue weighted by Gasteiger charge is -2.26. The third-order valence-electron chi connectivity index (χ3n) is 3.28. The molecule has 0 aromatic carbocycles. The number of hydrogen-bond acceptors (Lipinski definition) is 6. The Balaban J connectivity index is 2.06. The zero-order chi connectivity index (χ0) is 14.4. The molecule has 2 rings (SSSR count). The van der Waals surface area contributed by atoms with Crippen LogP contribution in [0.25, 0.3) is 0 Å². The van der Waals surface area contributed by atoms with Gasteiger partial charge in [-0.25, -0.2) is 9.97 Å². The first-order valence-electron chi connectivity index (χ1n) is 7.27. The summed E-state index contributed by atoms with van der Waals surface area (Å²) in [4.78, 5) is 10.5. The van der Waals surface area contributed by atoms with Gasteiger partial charge in [0.2, 0.25) is 5.88 Å². The summed E-state index contributed by atoms with van der Waals surface area (Å²) in [5.41, 5.74) is 0. The van der Waals surface area contributed by atoms with E-state index in [1.165, 1.54) is 19.2 Å². The first kappa shape index (κ1) is 15.0. The Hall–Kier alpha value is -1.40. The highest BCUT2D eigenvalue weighted by Crippen LogP contribution is 2.18. The van der Waals surface area contributed by atoms with Crippen molar-refractivity contribution in [1.82, 2.24) is 15.3 Å². The average molecular weight is 280 g/mol. The van der Waals surface area contributed by atoms with E-state index in [9.17, 15) is 5.11 Å². The molecule has 6 heteroatoms. The Morgan fingerprint density at radius 3 is 3.00 bits per heavy atom. The highest BCUT2D eigenvalue weighted by atomic mass is 16.5. The second-order valence-electron chi connectivity index (χ2n) is 5.34. The van der Waals surface area contributed by atoms with Gasteiger partial charge in [0, 0.05) is 25.2 Å². The van der Waals surface area contributed by atoms with Crippen LogP contribution in [-0.2, 0) is 0 Å². The van der Waals surface area contributed by atoms with Gasteiger partial charge in [0.25, 0.3) is 0 Å². The summed E-state index contributed by atoms with van der Waals surface area (Å²) in [5, 5.41) is 12.7. The van der Waals surface area contributed by atoms with E-state index in [0.29, 0.717) is 18.5 Å². The fraction of sp³-hybridized carbons (Fsp3) is 0.714. The molecular formula is C14H24N4O2. The topological polar surface area (TPSA) is 70.5 Å². The highest BCUT2D eigenvalue weighted by molar-refractivity contribution is 5.41. The number of rotatable bonds is 7. The van der Waals surface area contributed by atoms with Gasteiger partial charge >= 0.3 is 0 Å². The number of nitrogens with one attached hydrogen (secondary N) is 1. The number of aromatic nitrogens is 2. The summed E-state index contributed by atoms with van der Waals surface area (Å²) >= 11 is 0. The molecule has 0 bridgehead atoms. The highest BCUT2D eigenvalue weighted by Gasteiger charge is 2.19. The number of anilines is 1. The van der Waals surface area contributed by atoms with Crippen LogP contribution >= 0.6 is 0 Å². The predicted molar refractivity (Wildman–Crippen MR) is 78.1 cm³/mol. The number of nitrogens with zero attached hydrogens (tertiary/aromatic N) is 3. The van der Waals surface area contributed by atoms with E-state index in [1.54, 1.807) is 0 Å². The maximum atomic E-state index is 9.25. The first-order valence-corrected chi connectivity index (χ1v) is 7.27.